The van der Waals surface area contributed by atoms with E-state index in [1.54, 1.807) is 0 Å². The Labute approximate surface area is 137 Å². The summed E-state index contributed by atoms with van der Waals surface area (Å²) >= 11 is 12.0. The van der Waals surface area contributed by atoms with Gasteiger partial charge in [-0.15, -0.1) is 0 Å². The van der Waals surface area contributed by atoms with E-state index in [2.05, 4.69) is 38.1 Å². The van der Waals surface area contributed by atoms with Crippen molar-refractivity contribution in [2.45, 2.75) is 38.6 Å². The molecule has 2 N–H and O–H groups in total. The standard InChI is InChI=1S/C18H21Cl2N/c1-3-12(2)14-5-7-15(8-6-14)18(21)11-13-4-9-16(19)17(20)10-13/h4-10,12,18H,3,11,21H2,1-2H3. The lowest BCUT2D eigenvalue weighted by Crippen LogP contribution is -2.13. The Morgan fingerprint density at radius 1 is 0.952 bits per heavy atom. The minimum atomic E-state index is -0.0341. The second kappa shape index (κ2) is 7.31. The van der Waals surface area contributed by atoms with E-state index >= 15 is 0 Å². The highest BCUT2D eigenvalue weighted by atomic mass is 35.5. The van der Waals surface area contributed by atoms with Gasteiger partial charge in [-0.3, -0.25) is 0 Å². The van der Waals surface area contributed by atoms with Crippen LogP contribution < -0.4 is 5.73 Å². The molecule has 0 saturated heterocycles. The van der Waals surface area contributed by atoms with Crippen LogP contribution in [0.4, 0.5) is 0 Å². The van der Waals surface area contributed by atoms with E-state index in [-0.39, 0.29) is 6.04 Å². The van der Waals surface area contributed by atoms with Gasteiger partial charge in [0.15, 0.2) is 0 Å². The lowest BCUT2D eigenvalue weighted by atomic mass is 9.94. The van der Waals surface area contributed by atoms with Crippen molar-refractivity contribution >= 4 is 23.2 Å². The monoisotopic (exact) mass is 321 g/mol. The normalized spacial score (nSPS) is 14.0. The lowest BCUT2D eigenvalue weighted by Gasteiger charge is -2.15. The average Bonchev–Trinajstić information content (AvgIpc) is 2.50. The molecule has 0 radical (unpaired) electrons. The summed E-state index contributed by atoms with van der Waals surface area (Å²) < 4.78 is 0. The maximum atomic E-state index is 6.30. The molecule has 0 aliphatic heterocycles. The number of benzene rings is 2. The number of halogens is 2. The number of rotatable bonds is 5. The van der Waals surface area contributed by atoms with Gasteiger partial charge in [0.1, 0.15) is 0 Å². The van der Waals surface area contributed by atoms with E-state index in [1.807, 2.05) is 18.2 Å². The van der Waals surface area contributed by atoms with Crippen molar-refractivity contribution in [1.82, 2.24) is 0 Å². The zero-order valence-electron chi connectivity index (χ0n) is 12.4. The van der Waals surface area contributed by atoms with Gasteiger partial charge < -0.3 is 5.73 Å². The van der Waals surface area contributed by atoms with Crippen molar-refractivity contribution in [3.8, 4) is 0 Å². The molecule has 0 aliphatic rings. The van der Waals surface area contributed by atoms with Crippen molar-refractivity contribution in [1.29, 1.82) is 0 Å². The Morgan fingerprint density at radius 2 is 1.57 bits per heavy atom. The molecule has 3 heteroatoms. The van der Waals surface area contributed by atoms with E-state index in [0.717, 1.165) is 24.0 Å². The third-order valence-electron chi connectivity index (χ3n) is 3.99. The van der Waals surface area contributed by atoms with Crippen LogP contribution in [0.1, 0.15) is 48.9 Å². The first-order chi connectivity index (χ1) is 10.0. The molecule has 21 heavy (non-hydrogen) atoms. The maximum Gasteiger partial charge on any atom is 0.0595 e. The van der Waals surface area contributed by atoms with Gasteiger partial charge in [0.2, 0.25) is 0 Å². The van der Waals surface area contributed by atoms with E-state index in [4.69, 9.17) is 28.9 Å². The topological polar surface area (TPSA) is 26.0 Å². The molecule has 0 aliphatic carbocycles. The molecule has 2 atom stereocenters. The van der Waals surface area contributed by atoms with Crippen molar-refractivity contribution < 1.29 is 0 Å². The fourth-order valence-corrected chi connectivity index (χ4v) is 2.67. The summed E-state index contributed by atoms with van der Waals surface area (Å²) in [5, 5.41) is 1.15. The third-order valence-corrected chi connectivity index (χ3v) is 4.72. The molecule has 0 aromatic heterocycles. The van der Waals surface area contributed by atoms with Gasteiger partial charge in [-0.2, -0.15) is 0 Å². The van der Waals surface area contributed by atoms with Crippen LogP contribution in [0.2, 0.25) is 10.0 Å². The summed E-state index contributed by atoms with van der Waals surface area (Å²) in [5.41, 5.74) is 9.91. The largest absolute Gasteiger partial charge is 0.324 e. The zero-order chi connectivity index (χ0) is 15.4. The first kappa shape index (κ1) is 16.4. The molecule has 0 fully saturated rings. The molecular formula is C18H21Cl2N. The highest BCUT2D eigenvalue weighted by Gasteiger charge is 2.10. The molecule has 0 bridgehead atoms. The Balaban J connectivity index is 2.09. The molecule has 0 spiro atoms. The van der Waals surface area contributed by atoms with Crippen LogP contribution in [0.3, 0.4) is 0 Å². The average molecular weight is 322 g/mol. The molecule has 2 unspecified atom stereocenters. The van der Waals surface area contributed by atoms with Gasteiger partial charge in [-0.05, 0) is 47.6 Å². The van der Waals surface area contributed by atoms with E-state index in [1.165, 1.54) is 5.56 Å². The van der Waals surface area contributed by atoms with Crippen molar-refractivity contribution in [2.24, 2.45) is 5.73 Å². The first-order valence-electron chi connectivity index (χ1n) is 7.30. The fourth-order valence-electron chi connectivity index (χ4n) is 2.35. The molecule has 2 aromatic carbocycles. The summed E-state index contributed by atoms with van der Waals surface area (Å²) in [5.74, 6) is 0.588. The molecule has 2 rings (SSSR count). The Kier molecular flexibility index (Phi) is 5.69. The second-order valence-electron chi connectivity index (χ2n) is 5.54. The number of hydrogen-bond acceptors (Lipinski definition) is 1. The summed E-state index contributed by atoms with van der Waals surface area (Å²) in [6, 6.07) is 14.3. The highest BCUT2D eigenvalue weighted by Crippen LogP contribution is 2.26. The Bertz CT molecular complexity index is 593. The molecule has 2 aromatic rings. The van der Waals surface area contributed by atoms with Crippen LogP contribution in [0, 0.1) is 0 Å². The smallest absolute Gasteiger partial charge is 0.0595 e. The van der Waals surface area contributed by atoms with Crippen LogP contribution in [-0.2, 0) is 6.42 Å². The second-order valence-corrected chi connectivity index (χ2v) is 6.35. The summed E-state index contributed by atoms with van der Waals surface area (Å²) in [7, 11) is 0. The predicted molar refractivity (Wildman–Crippen MR) is 92.2 cm³/mol. The van der Waals surface area contributed by atoms with E-state index in [0.29, 0.717) is 16.0 Å². The SMILES string of the molecule is CCC(C)c1ccc(C(N)Cc2ccc(Cl)c(Cl)c2)cc1. The third kappa shape index (κ3) is 4.23. The van der Waals surface area contributed by atoms with Gasteiger partial charge >= 0.3 is 0 Å². The van der Waals surface area contributed by atoms with Crippen molar-refractivity contribution in [3.05, 3.63) is 69.2 Å². The van der Waals surface area contributed by atoms with Crippen LogP contribution >= 0.6 is 23.2 Å². The maximum absolute atomic E-state index is 6.30. The Hall–Kier alpha value is -1.02. The number of nitrogens with two attached hydrogens (primary N) is 1. The minimum absolute atomic E-state index is 0.0341. The van der Waals surface area contributed by atoms with Crippen LogP contribution in [-0.4, -0.2) is 0 Å². The lowest BCUT2D eigenvalue weighted by molar-refractivity contribution is 0.712. The predicted octanol–water partition coefficient (Wildman–Crippen LogP) is 5.75. The summed E-state index contributed by atoms with van der Waals surface area (Å²) in [6.07, 6.45) is 1.90. The molecular weight excluding hydrogens is 301 g/mol. The summed E-state index contributed by atoms with van der Waals surface area (Å²) in [6.45, 7) is 4.44. The molecule has 1 nitrogen and oxygen atoms in total. The van der Waals surface area contributed by atoms with E-state index in [9.17, 15) is 0 Å². The van der Waals surface area contributed by atoms with Gasteiger partial charge in [0.05, 0.1) is 10.0 Å². The minimum Gasteiger partial charge on any atom is -0.324 e. The quantitative estimate of drug-likeness (QED) is 0.745. The molecule has 0 amide bonds. The van der Waals surface area contributed by atoms with Crippen LogP contribution in [0.5, 0.6) is 0 Å². The van der Waals surface area contributed by atoms with E-state index < -0.39 is 0 Å². The van der Waals surface area contributed by atoms with Crippen LogP contribution in [0.15, 0.2) is 42.5 Å². The molecule has 0 saturated carbocycles. The summed E-state index contributed by atoms with van der Waals surface area (Å²) in [4.78, 5) is 0. The number of hydrogen-bond donors (Lipinski definition) is 1. The Morgan fingerprint density at radius 3 is 2.14 bits per heavy atom. The van der Waals surface area contributed by atoms with Gasteiger partial charge in [-0.1, -0.05) is 67.4 Å². The van der Waals surface area contributed by atoms with Crippen LogP contribution in [0.25, 0.3) is 0 Å². The first-order valence-corrected chi connectivity index (χ1v) is 8.06. The fraction of sp³-hybridized carbons (Fsp3) is 0.333. The van der Waals surface area contributed by atoms with Gasteiger partial charge in [0.25, 0.3) is 0 Å². The van der Waals surface area contributed by atoms with Gasteiger partial charge in [0, 0.05) is 6.04 Å². The van der Waals surface area contributed by atoms with Crippen molar-refractivity contribution in [2.75, 3.05) is 0 Å². The highest BCUT2D eigenvalue weighted by molar-refractivity contribution is 6.42. The molecule has 0 heterocycles. The molecule has 112 valence electrons. The zero-order valence-corrected chi connectivity index (χ0v) is 14.0. The van der Waals surface area contributed by atoms with Crippen molar-refractivity contribution in [3.63, 3.8) is 0 Å². The van der Waals surface area contributed by atoms with Gasteiger partial charge in [-0.25, -0.2) is 0 Å².